The van der Waals surface area contributed by atoms with E-state index in [4.69, 9.17) is 0 Å². The van der Waals surface area contributed by atoms with Crippen LogP contribution in [0.2, 0.25) is 0 Å². The molecule has 126 valence electrons. The van der Waals surface area contributed by atoms with Crippen LogP contribution in [0.3, 0.4) is 0 Å². The summed E-state index contributed by atoms with van der Waals surface area (Å²) in [6.07, 6.45) is 9.00. The van der Waals surface area contributed by atoms with Crippen molar-refractivity contribution < 1.29 is 9.59 Å². The Balaban J connectivity index is 1.63. The zero-order chi connectivity index (χ0) is 15.8. The van der Waals surface area contributed by atoms with Crippen molar-refractivity contribution in [3.05, 3.63) is 0 Å². The van der Waals surface area contributed by atoms with Gasteiger partial charge in [0.25, 0.3) is 0 Å². The van der Waals surface area contributed by atoms with Crippen LogP contribution < -0.4 is 16.0 Å². The van der Waals surface area contributed by atoms with E-state index in [9.17, 15) is 9.59 Å². The molecule has 2 unspecified atom stereocenters. The molecule has 0 bridgehead atoms. The Labute approximate surface area is 134 Å². The molecule has 5 nitrogen and oxygen atoms in total. The summed E-state index contributed by atoms with van der Waals surface area (Å²) in [5, 5.41) is 9.16. The number of piperidine rings is 1. The highest BCUT2D eigenvalue weighted by Gasteiger charge is 2.21. The SMILES string of the molecule is CC(NC(=O)CC1CCCCC1)C(=O)NCC1CCCNC1. The fraction of sp³-hybridized carbons (Fsp3) is 0.882. The molecule has 22 heavy (non-hydrogen) atoms. The second-order valence-corrected chi connectivity index (χ2v) is 6.95. The topological polar surface area (TPSA) is 70.2 Å². The molecule has 1 aliphatic carbocycles. The van der Waals surface area contributed by atoms with Gasteiger partial charge in [0.2, 0.25) is 11.8 Å². The van der Waals surface area contributed by atoms with E-state index in [0.29, 0.717) is 24.8 Å². The smallest absolute Gasteiger partial charge is 0.242 e. The third-order valence-corrected chi connectivity index (χ3v) is 4.93. The number of amides is 2. The Morgan fingerprint density at radius 2 is 1.82 bits per heavy atom. The molecule has 0 aromatic heterocycles. The fourth-order valence-electron chi connectivity index (χ4n) is 3.52. The maximum absolute atomic E-state index is 12.1. The summed E-state index contributed by atoms with van der Waals surface area (Å²) >= 11 is 0. The molecule has 1 saturated heterocycles. The highest BCUT2D eigenvalue weighted by Crippen LogP contribution is 2.26. The average molecular weight is 309 g/mol. The van der Waals surface area contributed by atoms with Gasteiger partial charge in [-0.3, -0.25) is 9.59 Å². The van der Waals surface area contributed by atoms with Crippen LogP contribution in [0, 0.1) is 11.8 Å². The first kappa shape index (κ1) is 17.3. The third-order valence-electron chi connectivity index (χ3n) is 4.93. The van der Waals surface area contributed by atoms with Gasteiger partial charge in [-0.2, -0.15) is 0 Å². The van der Waals surface area contributed by atoms with Gasteiger partial charge in [0.05, 0.1) is 0 Å². The van der Waals surface area contributed by atoms with Crippen molar-refractivity contribution in [1.82, 2.24) is 16.0 Å². The maximum atomic E-state index is 12.1. The molecule has 0 aromatic rings. The van der Waals surface area contributed by atoms with Crippen LogP contribution in [0.1, 0.15) is 58.3 Å². The normalized spacial score (nSPS) is 24.5. The molecule has 1 saturated carbocycles. The van der Waals surface area contributed by atoms with E-state index in [2.05, 4.69) is 16.0 Å². The second kappa shape index (κ2) is 9.13. The minimum absolute atomic E-state index is 0.0221. The van der Waals surface area contributed by atoms with Crippen LogP contribution in [0.5, 0.6) is 0 Å². The van der Waals surface area contributed by atoms with Crippen molar-refractivity contribution in [1.29, 1.82) is 0 Å². The number of carbonyl (C=O) groups excluding carboxylic acids is 2. The zero-order valence-corrected chi connectivity index (χ0v) is 13.8. The number of rotatable bonds is 6. The van der Waals surface area contributed by atoms with E-state index in [1.807, 2.05) is 0 Å². The lowest BCUT2D eigenvalue weighted by atomic mass is 9.87. The van der Waals surface area contributed by atoms with Crippen molar-refractivity contribution in [2.75, 3.05) is 19.6 Å². The maximum Gasteiger partial charge on any atom is 0.242 e. The molecule has 0 aromatic carbocycles. The summed E-state index contributed by atoms with van der Waals surface area (Å²) in [5.74, 6) is 0.983. The number of nitrogens with one attached hydrogen (secondary N) is 3. The van der Waals surface area contributed by atoms with E-state index in [1.54, 1.807) is 6.92 Å². The second-order valence-electron chi connectivity index (χ2n) is 6.95. The molecule has 2 rings (SSSR count). The fourth-order valence-corrected chi connectivity index (χ4v) is 3.52. The molecule has 3 N–H and O–H groups in total. The van der Waals surface area contributed by atoms with Crippen LogP contribution in [0.4, 0.5) is 0 Å². The summed E-state index contributed by atoms with van der Waals surface area (Å²) in [6, 6.07) is -0.437. The molecule has 2 aliphatic rings. The Morgan fingerprint density at radius 3 is 2.50 bits per heavy atom. The van der Waals surface area contributed by atoms with Gasteiger partial charge in [0, 0.05) is 13.0 Å². The van der Waals surface area contributed by atoms with Gasteiger partial charge in [-0.15, -0.1) is 0 Å². The molecular weight excluding hydrogens is 278 g/mol. The lowest BCUT2D eigenvalue weighted by Crippen LogP contribution is -2.47. The summed E-state index contributed by atoms with van der Waals surface area (Å²) in [6.45, 7) is 4.53. The van der Waals surface area contributed by atoms with Crippen LogP contribution in [0.25, 0.3) is 0 Å². The Hall–Kier alpha value is -1.10. The molecule has 2 atom stereocenters. The molecule has 5 heteroatoms. The highest BCUT2D eigenvalue weighted by molar-refractivity contribution is 5.87. The quantitative estimate of drug-likeness (QED) is 0.697. The van der Waals surface area contributed by atoms with Gasteiger partial charge < -0.3 is 16.0 Å². The summed E-state index contributed by atoms with van der Waals surface area (Å²) < 4.78 is 0. The van der Waals surface area contributed by atoms with Crippen molar-refractivity contribution in [3.8, 4) is 0 Å². The molecular formula is C17H31N3O2. The van der Waals surface area contributed by atoms with E-state index < -0.39 is 6.04 Å². The van der Waals surface area contributed by atoms with Crippen LogP contribution in [-0.4, -0.2) is 37.5 Å². The number of carbonyl (C=O) groups is 2. The summed E-state index contributed by atoms with van der Waals surface area (Å²) in [4.78, 5) is 24.1. The molecule has 1 aliphatic heterocycles. The Morgan fingerprint density at radius 1 is 1.09 bits per heavy atom. The Kier molecular flexibility index (Phi) is 7.16. The third kappa shape index (κ3) is 5.95. The van der Waals surface area contributed by atoms with Gasteiger partial charge in [-0.1, -0.05) is 19.3 Å². The first-order valence-electron chi connectivity index (χ1n) is 8.93. The predicted molar refractivity (Wildman–Crippen MR) is 87.4 cm³/mol. The van der Waals surface area contributed by atoms with E-state index in [1.165, 1.54) is 25.7 Å². The van der Waals surface area contributed by atoms with Crippen LogP contribution in [-0.2, 0) is 9.59 Å². The van der Waals surface area contributed by atoms with Crippen molar-refractivity contribution in [2.24, 2.45) is 11.8 Å². The molecule has 0 radical (unpaired) electrons. The predicted octanol–water partition coefficient (Wildman–Crippen LogP) is 1.58. The van der Waals surface area contributed by atoms with Gasteiger partial charge in [-0.25, -0.2) is 0 Å². The minimum atomic E-state index is -0.437. The van der Waals surface area contributed by atoms with Crippen molar-refractivity contribution in [2.45, 2.75) is 64.3 Å². The van der Waals surface area contributed by atoms with Crippen molar-refractivity contribution >= 4 is 11.8 Å². The summed E-state index contributed by atoms with van der Waals surface area (Å²) in [7, 11) is 0. The van der Waals surface area contributed by atoms with Gasteiger partial charge >= 0.3 is 0 Å². The largest absolute Gasteiger partial charge is 0.354 e. The van der Waals surface area contributed by atoms with Gasteiger partial charge in [0.1, 0.15) is 6.04 Å². The van der Waals surface area contributed by atoms with Crippen LogP contribution >= 0.6 is 0 Å². The molecule has 2 amide bonds. The Bertz CT molecular complexity index is 361. The highest BCUT2D eigenvalue weighted by atomic mass is 16.2. The van der Waals surface area contributed by atoms with Gasteiger partial charge in [-0.05, 0) is 57.5 Å². The first-order valence-corrected chi connectivity index (χ1v) is 8.93. The minimum Gasteiger partial charge on any atom is -0.354 e. The average Bonchev–Trinajstić information content (AvgIpc) is 2.54. The zero-order valence-electron chi connectivity index (χ0n) is 13.8. The molecule has 2 fully saturated rings. The summed E-state index contributed by atoms with van der Waals surface area (Å²) in [5.41, 5.74) is 0. The number of hydrogen-bond acceptors (Lipinski definition) is 3. The number of hydrogen-bond donors (Lipinski definition) is 3. The van der Waals surface area contributed by atoms with Crippen molar-refractivity contribution in [3.63, 3.8) is 0 Å². The van der Waals surface area contributed by atoms with E-state index in [-0.39, 0.29) is 11.8 Å². The molecule has 0 spiro atoms. The lowest BCUT2D eigenvalue weighted by Gasteiger charge is -2.24. The van der Waals surface area contributed by atoms with E-state index in [0.717, 1.165) is 32.4 Å². The monoisotopic (exact) mass is 309 g/mol. The van der Waals surface area contributed by atoms with Gasteiger partial charge in [0.15, 0.2) is 0 Å². The first-order chi connectivity index (χ1) is 10.6. The van der Waals surface area contributed by atoms with E-state index >= 15 is 0 Å². The molecule has 1 heterocycles. The lowest BCUT2D eigenvalue weighted by molar-refractivity contribution is -0.129. The van der Waals surface area contributed by atoms with Crippen LogP contribution in [0.15, 0.2) is 0 Å². The standard InChI is InChI=1S/C17H31N3O2/c1-13(17(22)19-12-15-8-5-9-18-11-15)20-16(21)10-14-6-3-2-4-7-14/h13-15,18H,2-12H2,1H3,(H,19,22)(H,20,21).